The van der Waals surface area contributed by atoms with E-state index in [1.54, 1.807) is 24.4 Å². The lowest BCUT2D eigenvalue weighted by Crippen LogP contribution is -2.54. The number of alkyl halides is 4. The second kappa shape index (κ2) is 18.4. The number of halogens is 5. The van der Waals surface area contributed by atoms with Gasteiger partial charge in [0.1, 0.15) is 43.2 Å². The highest BCUT2D eigenvalue weighted by atomic mass is 19.4. The van der Waals surface area contributed by atoms with Gasteiger partial charge in [-0.1, -0.05) is 30.3 Å². The predicted molar refractivity (Wildman–Crippen MR) is 224 cm³/mol. The van der Waals surface area contributed by atoms with E-state index >= 15 is 4.39 Å². The molecule has 4 N–H and O–H groups in total. The molecule has 17 nitrogen and oxygen atoms in total. The molecule has 350 valence electrons. The number of rotatable bonds is 16. The lowest BCUT2D eigenvalue weighted by molar-refractivity contribution is -0.163. The monoisotopic (exact) mass is 931 g/mol. The van der Waals surface area contributed by atoms with Crippen LogP contribution in [-0.2, 0) is 42.6 Å². The normalized spacial score (nSPS) is 20.0. The van der Waals surface area contributed by atoms with E-state index in [1.807, 2.05) is 0 Å². The number of aromatic nitrogens is 2. The van der Waals surface area contributed by atoms with Crippen LogP contribution in [0.5, 0.6) is 0 Å². The van der Waals surface area contributed by atoms with Crippen molar-refractivity contribution in [3.05, 3.63) is 107 Å². The third-order valence-electron chi connectivity index (χ3n) is 12.0. The number of nitrogens with one attached hydrogen (secondary N) is 4. The van der Waals surface area contributed by atoms with Gasteiger partial charge in [-0.15, -0.1) is 0 Å². The molecule has 9 amide bonds. The molecule has 1 unspecified atom stereocenters. The first kappa shape index (κ1) is 46.0. The second-order valence-electron chi connectivity index (χ2n) is 16.6. The minimum absolute atomic E-state index is 0.0158. The molecule has 0 bridgehead atoms. The molecule has 22 heteroatoms. The van der Waals surface area contributed by atoms with Crippen LogP contribution in [0.4, 0.5) is 32.4 Å². The van der Waals surface area contributed by atoms with Crippen molar-refractivity contribution in [2.45, 2.75) is 75.5 Å². The smallest absolute Gasteiger partial charge is 0.384 e. The fourth-order valence-corrected chi connectivity index (χ4v) is 8.81. The van der Waals surface area contributed by atoms with Crippen molar-refractivity contribution in [1.29, 1.82) is 0 Å². The number of hydrogen-bond donors (Lipinski definition) is 4. The summed E-state index contributed by atoms with van der Waals surface area (Å²) in [5.74, 6) is -5.53. The standard InChI is InChI=1S/C45H42F5N9O8/c46-28-10-7-25(8-11-28)20-56(24-45(48,49)50)37(62)23-58-42(66)44(55-43(58)67)18-32(47)30-17-26(9-12-31(30)44)27-19-53-57(21-27)22-36(61)52-16-3-1-2-15-51-33-6-4-5-29-38(33)41(65)59(40(29)64)34-13-14-35(60)54-39(34)63/h4-12,17,19,21,32,34,51H,1-3,13-16,18,20,22-24H2,(H,52,61)(H,55,67)(H,54,60,63)/t32-,34?,44+/m1/s1. The predicted octanol–water partition coefficient (Wildman–Crippen LogP) is 4.24. The van der Waals surface area contributed by atoms with Crippen molar-refractivity contribution in [1.82, 2.24) is 40.4 Å². The van der Waals surface area contributed by atoms with Crippen LogP contribution in [0.2, 0.25) is 0 Å². The van der Waals surface area contributed by atoms with Gasteiger partial charge in [0.15, 0.2) is 0 Å². The Kier molecular flexibility index (Phi) is 12.6. The number of imide groups is 3. The molecule has 3 aliphatic heterocycles. The molecule has 8 rings (SSSR count). The lowest BCUT2D eigenvalue weighted by Gasteiger charge is -2.27. The molecule has 0 saturated carbocycles. The zero-order valence-corrected chi connectivity index (χ0v) is 35.5. The van der Waals surface area contributed by atoms with Gasteiger partial charge in [-0.2, -0.15) is 18.3 Å². The first-order valence-corrected chi connectivity index (χ1v) is 21.3. The summed E-state index contributed by atoms with van der Waals surface area (Å²) >= 11 is 0. The molecular formula is C45H42F5N9O8. The van der Waals surface area contributed by atoms with Crippen molar-refractivity contribution >= 4 is 53.1 Å². The third kappa shape index (κ3) is 9.45. The average molecular weight is 932 g/mol. The number of benzene rings is 3. The van der Waals surface area contributed by atoms with E-state index < -0.39 is 97.3 Å². The number of carbonyl (C=O) groups excluding carboxylic acids is 8. The van der Waals surface area contributed by atoms with Crippen molar-refractivity contribution in [2.75, 3.05) is 31.5 Å². The quantitative estimate of drug-likeness (QED) is 0.0543. The third-order valence-corrected chi connectivity index (χ3v) is 12.0. The van der Waals surface area contributed by atoms with Crippen LogP contribution in [0.1, 0.15) is 82.1 Å². The second-order valence-corrected chi connectivity index (χ2v) is 16.6. The van der Waals surface area contributed by atoms with Crippen LogP contribution >= 0.6 is 0 Å². The zero-order chi connectivity index (χ0) is 47.8. The molecule has 2 fully saturated rings. The lowest BCUT2D eigenvalue weighted by atomic mass is 9.90. The summed E-state index contributed by atoms with van der Waals surface area (Å²) in [6.45, 7) is -2.67. The number of urea groups is 1. The van der Waals surface area contributed by atoms with E-state index in [9.17, 15) is 55.9 Å². The largest absolute Gasteiger partial charge is 0.406 e. The van der Waals surface area contributed by atoms with E-state index in [1.165, 1.54) is 41.2 Å². The Bertz CT molecular complexity index is 2690. The van der Waals surface area contributed by atoms with Crippen molar-refractivity contribution in [3.8, 4) is 11.1 Å². The molecule has 1 spiro atoms. The molecule has 4 heterocycles. The van der Waals surface area contributed by atoms with Gasteiger partial charge in [-0.25, -0.2) is 13.6 Å². The number of hydrogen-bond acceptors (Lipinski definition) is 10. The Labute approximate surface area is 378 Å². The molecule has 4 aromatic rings. The number of anilines is 1. The Morgan fingerprint density at radius 1 is 0.910 bits per heavy atom. The molecule has 4 aliphatic rings. The van der Waals surface area contributed by atoms with Gasteiger partial charge in [0.25, 0.3) is 17.7 Å². The zero-order valence-electron chi connectivity index (χ0n) is 35.5. The molecule has 1 aliphatic carbocycles. The molecule has 3 atom stereocenters. The minimum atomic E-state index is -4.83. The summed E-state index contributed by atoms with van der Waals surface area (Å²) in [6.07, 6.45) is -2.03. The average Bonchev–Trinajstić information content (AvgIpc) is 3.99. The number of fused-ring (bicyclic) bond motifs is 3. The maximum absolute atomic E-state index is 15.8. The van der Waals surface area contributed by atoms with Crippen LogP contribution in [0.25, 0.3) is 11.1 Å². The molecular weight excluding hydrogens is 890 g/mol. The Morgan fingerprint density at radius 3 is 2.42 bits per heavy atom. The summed E-state index contributed by atoms with van der Waals surface area (Å²) in [5.41, 5.74) is 0.226. The van der Waals surface area contributed by atoms with Gasteiger partial charge in [-0.05, 0) is 78.3 Å². The van der Waals surface area contributed by atoms with Crippen molar-refractivity contribution < 1.29 is 60.3 Å². The van der Waals surface area contributed by atoms with Gasteiger partial charge >= 0.3 is 12.2 Å². The summed E-state index contributed by atoms with van der Waals surface area (Å²) in [6, 6.07) is 11.6. The van der Waals surface area contributed by atoms with Gasteiger partial charge in [0.2, 0.25) is 23.6 Å². The Balaban J connectivity index is 0.810. The number of unbranched alkanes of at least 4 members (excludes halogenated alkanes) is 2. The molecule has 1 aromatic heterocycles. The van der Waals surface area contributed by atoms with Crippen LogP contribution in [-0.4, -0.2) is 110 Å². The summed E-state index contributed by atoms with van der Waals surface area (Å²) in [4.78, 5) is 105. The van der Waals surface area contributed by atoms with Gasteiger partial charge < -0.3 is 20.9 Å². The van der Waals surface area contributed by atoms with Gasteiger partial charge in [0.05, 0.1) is 17.3 Å². The fraction of sp³-hybridized carbons (Fsp3) is 0.356. The Morgan fingerprint density at radius 2 is 1.67 bits per heavy atom. The molecule has 2 saturated heterocycles. The van der Waals surface area contributed by atoms with E-state index in [4.69, 9.17) is 0 Å². The fourth-order valence-electron chi connectivity index (χ4n) is 8.81. The first-order chi connectivity index (χ1) is 31.9. The highest BCUT2D eigenvalue weighted by Crippen LogP contribution is 2.49. The van der Waals surface area contributed by atoms with E-state index in [2.05, 4.69) is 26.4 Å². The minimum Gasteiger partial charge on any atom is -0.384 e. The topological polar surface area (TPSA) is 212 Å². The van der Waals surface area contributed by atoms with E-state index in [-0.39, 0.29) is 53.1 Å². The highest BCUT2D eigenvalue weighted by molar-refractivity contribution is 6.25. The van der Waals surface area contributed by atoms with Crippen LogP contribution in [0, 0.1) is 5.82 Å². The van der Waals surface area contributed by atoms with Crippen molar-refractivity contribution in [3.63, 3.8) is 0 Å². The van der Waals surface area contributed by atoms with Crippen LogP contribution < -0.4 is 21.3 Å². The van der Waals surface area contributed by atoms with E-state index in [0.29, 0.717) is 59.0 Å². The summed E-state index contributed by atoms with van der Waals surface area (Å²) < 4.78 is 71.0. The molecule has 0 radical (unpaired) electrons. The summed E-state index contributed by atoms with van der Waals surface area (Å²) in [7, 11) is 0. The van der Waals surface area contributed by atoms with Gasteiger partial charge in [0, 0.05) is 49.9 Å². The van der Waals surface area contributed by atoms with Gasteiger partial charge in [-0.3, -0.25) is 53.4 Å². The molecule has 3 aromatic carbocycles. The maximum atomic E-state index is 15.8. The van der Waals surface area contributed by atoms with Crippen molar-refractivity contribution in [2.24, 2.45) is 0 Å². The highest BCUT2D eigenvalue weighted by Gasteiger charge is 2.59. The number of amides is 9. The van der Waals surface area contributed by atoms with E-state index in [0.717, 1.165) is 17.0 Å². The van der Waals surface area contributed by atoms with Crippen LogP contribution in [0.3, 0.4) is 0 Å². The SMILES string of the molecule is O=C(Cn1cc(-c2ccc3c(c2)[C@H](F)C[C@]32NC(=O)N(CC(=O)N(Cc3ccc(F)cc3)CC(F)(F)F)C2=O)cn1)NCCCCCNc1cccc2c1C(=O)N(C1CCC(=O)NC1=O)C2=O. The maximum Gasteiger partial charge on any atom is 0.406 e. The first-order valence-electron chi connectivity index (χ1n) is 21.3. The number of piperidine rings is 1. The number of carbonyl (C=O) groups is 8. The van der Waals surface area contributed by atoms with Crippen LogP contribution in [0.15, 0.2) is 73.1 Å². The Hall–Kier alpha value is -7.52. The number of nitrogens with zero attached hydrogens (tertiary/aromatic N) is 5. The molecule has 67 heavy (non-hydrogen) atoms. The summed E-state index contributed by atoms with van der Waals surface area (Å²) in [5, 5.41) is 14.9.